The summed E-state index contributed by atoms with van der Waals surface area (Å²) in [5, 5.41) is -1.41. The zero-order valence-electron chi connectivity index (χ0n) is 6.95. The molecular weight excluding hydrogens is 200 g/mol. The van der Waals surface area contributed by atoms with Crippen LogP contribution >= 0.6 is 11.6 Å². The number of alkyl halides is 3. The first-order valence-corrected chi connectivity index (χ1v) is 4.71. The molecule has 0 saturated heterocycles. The Balaban J connectivity index is 1.94. The topological polar surface area (TPSA) is 29.1 Å². The van der Waals surface area contributed by atoms with Crippen LogP contribution in [-0.4, -0.2) is 16.8 Å². The molecule has 2 fully saturated rings. The standard InChI is InChI=1S/C8H10ClF2NO/c9-8(10,11)6(13)12-7(3-4-7)5-1-2-5/h5H,1-4H2,(H,12,13). The van der Waals surface area contributed by atoms with Gasteiger partial charge in [0.15, 0.2) is 0 Å². The fraction of sp³-hybridized carbons (Fsp3) is 0.875. The molecule has 0 atom stereocenters. The second-order valence-corrected chi connectivity index (χ2v) is 4.36. The lowest BCUT2D eigenvalue weighted by Crippen LogP contribution is -2.45. The van der Waals surface area contributed by atoms with Gasteiger partial charge in [-0.15, -0.1) is 0 Å². The van der Waals surface area contributed by atoms with E-state index in [0.717, 1.165) is 25.7 Å². The number of rotatable bonds is 3. The molecule has 0 heterocycles. The average molecular weight is 210 g/mol. The van der Waals surface area contributed by atoms with E-state index in [2.05, 4.69) is 16.9 Å². The molecule has 74 valence electrons. The molecule has 2 saturated carbocycles. The van der Waals surface area contributed by atoms with Crippen LogP contribution in [0.4, 0.5) is 8.78 Å². The van der Waals surface area contributed by atoms with Crippen LogP contribution in [0, 0.1) is 5.92 Å². The van der Waals surface area contributed by atoms with E-state index in [9.17, 15) is 13.6 Å². The second kappa shape index (κ2) is 2.56. The monoisotopic (exact) mass is 209 g/mol. The van der Waals surface area contributed by atoms with Crippen molar-refractivity contribution in [1.82, 2.24) is 5.32 Å². The SMILES string of the molecule is O=C(NC1(C2CC2)CC1)C(F)(F)Cl. The van der Waals surface area contributed by atoms with Crippen LogP contribution in [-0.2, 0) is 4.79 Å². The normalized spacial score (nSPS) is 25.5. The van der Waals surface area contributed by atoms with Crippen molar-refractivity contribution < 1.29 is 13.6 Å². The van der Waals surface area contributed by atoms with Gasteiger partial charge in [-0.2, -0.15) is 8.78 Å². The fourth-order valence-corrected chi connectivity index (χ4v) is 1.75. The molecule has 0 bridgehead atoms. The minimum absolute atomic E-state index is 0.324. The van der Waals surface area contributed by atoms with E-state index in [1.54, 1.807) is 0 Å². The maximum Gasteiger partial charge on any atom is 0.399 e. The third kappa shape index (κ3) is 1.77. The summed E-state index contributed by atoms with van der Waals surface area (Å²) in [5.41, 5.74) is -0.324. The lowest BCUT2D eigenvalue weighted by atomic mass is 10.1. The van der Waals surface area contributed by atoms with Gasteiger partial charge >= 0.3 is 11.3 Å². The highest BCUT2D eigenvalue weighted by molar-refractivity contribution is 6.32. The Kier molecular flexibility index (Phi) is 1.81. The van der Waals surface area contributed by atoms with Crippen molar-refractivity contribution in [2.45, 2.75) is 36.6 Å². The molecule has 2 rings (SSSR count). The summed E-state index contributed by atoms with van der Waals surface area (Å²) in [6.45, 7) is 0. The Hall–Kier alpha value is -0.380. The first-order chi connectivity index (χ1) is 5.94. The maximum atomic E-state index is 12.3. The van der Waals surface area contributed by atoms with E-state index in [-0.39, 0.29) is 5.54 Å². The molecule has 2 aliphatic rings. The van der Waals surface area contributed by atoms with Gasteiger partial charge in [-0.1, -0.05) is 0 Å². The van der Waals surface area contributed by atoms with E-state index in [4.69, 9.17) is 0 Å². The molecule has 0 radical (unpaired) electrons. The molecule has 1 amide bonds. The van der Waals surface area contributed by atoms with Crippen molar-refractivity contribution in [2.24, 2.45) is 5.92 Å². The van der Waals surface area contributed by atoms with Gasteiger partial charge in [-0.25, -0.2) is 0 Å². The number of hydrogen-bond acceptors (Lipinski definition) is 1. The number of carbonyl (C=O) groups is 1. The van der Waals surface area contributed by atoms with Crippen molar-refractivity contribution >= 4 is 17.5 Å². The van der Waals surface area contributed by atoms with Gasteiger partial charge in [0.1, 0.15) is 0 Å². The Labute approximate surface area is 79.6 Å². The molecule has 0 aromatic carbocycles. The predicted molar refractivity (Wildman–Crippen MR) is 43.6 cm³/mol. The number of amides is 1. The molecule has 0 aromatic rings. The highest BCUT2D eigenvalue weighted by atomic mass is 35.5. The van der Waals surface area contributed by atoms with E-state index < -0.39 is 11.3 Å². The number of halogens is 3. The molecule has 0 aliphatic heterocycles. The summed E-state index contributed by atoms with van der Waals surface area (Å²) in [6, 6.07) is 0. The summed E-state index contributed by atoms with van der Waals surface area (Å²) < 4.78 is 24.6. The minimum Gasteiger partial charge on any atom is -0.344 e. The Morgan fingerprint density at radius 1 is 1.46 bits per heavy atom. The van der Waals surface area contributed by atoms with Crippen molar-refractivity contribution in [3.63, 3.8) is 0 Å². The van der Waals surface area contributed by atoms with E-state index in [1.165, 1.54) is 0 Å². The van der Waals surface area contributed by atoms with Gasteiger partial charge in [0.25, 0.3) is 0 Å². The molecule has 0 aromatic heterocycles. The third-order valence-electron chi connectivity index (χ3n) is 2.77. The molecule has 13 heavy (non-hydrogen) atoms. The number of hydrogen-bond donors (Lipinski definition) is 1. The first kappa shape index (κ1) is 9.19. The summed E-state index contributed by atoms with van der Waals surface area (Å²) in [5.74, 6) is -0.936. The second-order valence-electron chi connectivity index (χ2n) is 3.88. The molecule has 5 heteroatoms. The molecule has 0 unspecified atom stereocenters. The van der Waals surface area contributed by atoms with Crippen molar-refractivity contribution in [2.75, 3.05) is 0 Å². The van der Waals surface area contributed by atoms with E-state index in [0.29, 0.717) is 5.92 Å². The third-order valence-corrected chi connectivity index (χ3v) is 2.94. The van der Waals surface area contributed by atoms with Crippen molar-refractivity contribution in [1.29, 1.82) is 0 Å². The van der Waals surface area contributed by atoms with Crippen LogP contribution < -0.4 is 5.32 Å². The van der Waals surface area contributed by atoms with Crippen LogP contribution in [0.1, 0.15) is 25.7 Å². The average Bonchev–Trinajstić information content (AvgIpc) is 2.80. The lowest BCUT2D eigenvalue weighted by Gasteiger charge is -2.18. The number of nitrogens with one attached hydrogen (secondary N) is 1. The van der Waals surface area contributed by atoms with Crippen molar-refractivity contribution in [3.8, 4) is 0 Å². The van der Waals surface area contributed by atoms with Crippen LogP contribution in [0.15, 0.2) is 0 Å². The number of carbonyl (C=O) groups excluding carboxylic acids is 1. The Bertz CT molecular complexity index is 243. The quantitative estimate of drug-likeness (QED) is 0.707. The molecule has 2 nitrogen and oxygen atoms in total. The summed E-state index contributed by atoms with van der Waals surface area (Å²) in [7, 11) is 0. The van der Waals surface area contributed by atoms with Gasteiger partial charge in [-0.05, 0) is 43.2 Å². The maximum absolute atomic E-state index is 12.3. The van der Waals surface area contributed by atoms with Gasteiger partial charge in [-0.3, -0.25) is 4.79 Å². The van der Waals surface area contributed by atoms with Crippen LogP contribution in [0.2, 0.25) is 0 Å². The molecule has 2 aliphatic carbocycles. The zero-order valence-corrected chi connectivity index (χ0v) is 7.70. The van der Waals surface area contributed by atoms with Gasteiger partial charge in [0.2, 0.25) is 0 Å². The fourth-order valence-electron chi connectivity index (χ4n) is 1.70. The molecular formula is C8H10ClF2NO. The van der Waals surface area contributed by atoms with Crippen LogP contribution in [0.5, 0.6) is 0 Å². The molecule has 0 spiro atoms. The predicted octanol–water partition coefficient (Wildman–Crippen LogP) is 1.88. The summed E-state index contributed by atoms with van der Waals surface area (Å²) >= 11 is 4.60. The van der Waals surface area contributed by atoms with Gasteiger partial charge < -0.3 is 5.32 Å². The van der Waals surface area contributed by atoms with Crippen LogP contribution in [0.3, 0.4) is 0 Å². The van der Waals surface area contributed by atoms with E-state index in [1.807, 2.05) is 0 Å². The highest BCUT2D eigenvalue weighted by Gasteiger charge is 2.56. The molecule has 1 N–H and O–H groups in total. The first-order valence-electron chi connectivity index (χ1n) is 4.33. The Morgan fingerprint density at radius 3 is 2.31 bits per heavy atom. The Morgan fingerprint density at radius 2 is 2.00 bits per heavy atom. The van der Waals surface area contributed by atoms with Gasteiger partial charge in [0.05, 0.1) is 0 Å². The smallest absolute Gasteiger partial charge is 0.344 e. The zero-order chi connectivity index (χ0) is 9.69. The summed E-state index contributed by atoms with van der Waals surface area (Å²) in [4.78, 5) is 10.9. The minimum atomic E-state index is -3.76. The van der Waals surface area contributed by atoms with Crippen molar-refractivity contribution in [3.05, 3.63) is 0 Å². The lowest BCUT2D eigenvalue weighted by molar-refractivity contribution is -0.136. The van der Waals surface area contributed by atoms with E-state index >= 15 is 0 Å². The summed E-state index contributed by atoms with van der Waals surface area (Å²) in [6.07, 6.45) is 3.70. The highest BCUT2D eigenvalue weighted by Crippen LogP contribution is 2.53. The largest absolute Gasteiger partial charge is 0.399 e. The van der Waals surface area contributed by atoms with Crippen LogP contribution in [0.25, 0.3) is 0 Å². The van der Waals surface area contributed by atoms with Gasteiger partial charge in [0, 0.05) is 5.54 Å².